The number of aryl methyl sites for hydroxylation is 2. The Balaban J connectivity index is 2.00. The van der Waals surface area contributed by atoms with E-state index in [-0.39, 0.29) is 29.4 Å². The lowest BCUT2D eigenvalue weighted by Gasteiger charge is -2.10. The van der Waals surface area contributed by atoms with Gasteiger partial charge in [0.05, 0.1) is 16.7 Å². The third-order valence-corrected chi connectivity index (χ3v) is 4.71. The highest BCUT2D eigenvalue weighted by atomic mass is 35.5. The normalized spacial score (nSPS) is 11.9. The summed E-state index contributed by atoms with van der Waals surface area (Å²) < 4.78 is 2.96. The van der Waals surface area contributed by atoms with E-state index in [4.69, 9.17) is 22.4 Å². The fourth-order valence-corrected chi connectivity index (χ4v) is 3.10. The van der Waals surface area contributed by atoms with Crippen molar-refractivity contribution in [2.45, 2.75) is 19.0 Å². The monoisotopic (exact) mass is 400 g/mol. The van der Waals surface area contributed by atoms with Gasteiger partial charge in [-0.15, -0.1) is 0 Å². The number of anilines is 2. The van der Waals surface area contributed by atoms with Crippen molar-refractivity contribution in [2.75, 3.05) is 5.32 Å². The number of halogens is 1. The number of nitrogens with zero attached hydrogens (tertiary/aromatic N) is 4. The molecule has 0 spiro atoms. The number of carbonyl (C=O) groups is 1. The first-order valence-electron chi connectivity index (χ1n) is 8.32. The van der Waals surface area contributed by atoms with Crippen molar-refractivity contribution < 1.29 is 9.90 Å². The third kappa shape index (κ3) is 3.55. The SMILES string of the molecule is Cn1c(=O)n(CC[C@@H](N)C(=O)O)c2cc(Nc3ccnc(Cl)c3C#N)ccc21. The van der Waals surface area contributed by atoms with Crippen molar-refractivity contribution in [3.05, 3.63) is 51.7 Å². The summed E-state index contributed by atoms with van der Waals surface area (Å²) in [6.45, 7) is 0.164. The summed E-state index contributed by atoms with van der Waals surface area (Å²) in [5, 5.41) is 21.4. The number of hydrogen-bond acceptors (Lipinski definition) is 6. The highest BCUT2D eigenvalue weighted by Gasteiger charge is 2.16. The van der Waals surface area contributed by atoms with Gasteiger partial charge in [-0.05, 0) is 30.7 Å². The lowest BCUT2D eigenvalue weighted by atomic mass is 10.2. The van der Waals surface area contributed by atoms with Crippen molar-refractivity contribution in [1.29, 1.82) is 5.26 Å². The summed E-state index contributed by atoms with van der Waals surface area (Å²) in [6, 6.07) is 7.85. The standard InChI is InChI=1S/C18H17ClN6O3/c1-24-14-3-2-10(23-13-4-6-22-16(19)11(13)9-20)8-15(14)25(18(24)28)7-5-12(21)17(26)27/h2-4,6,8,12H,5,7,21H2,1H3,(H,22,23)(H,26,27)/t12-/m1/s1. The zero-order valence-corrected chi connectivity index (χ0v) is 15.6. The molecule has 144 valence electrons. The lowest BCUT2D eigenvalue weighted by molar-refractivity contribution is -0.138. The number of benzene rings is 1. The van der Waals surface area contributed by atoms with Crippen LogP contribution in [0.3, 0.4) is 0 Å². The van der Waals surface area contributed by atoms with Gasteiger partial charge < -0.3 is 16.2 Å². The molecule has 0 bridgehead atoms. The number of rotatable bonds is 6. The average molecular weight is 401 g/mol. The fourth-order valence-electron chi connectivity index (χ4n) is 2.90. The lowest BCUT2D eigenvalue weighted by Crippen LogP contribution is -2.33. The number of fused-ring (bicyclic) bond motifs is 1. The summed E-state index contributed by atoms with van der Waals surface area (Å²) in [4.78, 5) is 27.4. The molecule has 1 aromatic carbocycles. The highest BCUT2D eigenvalue weighted by Crippen LogP contribution is 2.26. The Kier molecular flexibility index (Phi) is 5.35. The number of nitrogens with one attached hydrogen (secondary N) is 1. The zero-order valence-electron chi connectivity index (χ0n) is 14.9. The van der Waals surface area contributed by atoms with Crippen LogP contribution in [-0.4, -0.2) is 31.2 Å². The Hall–Kier alpha value is -3.35. The smallest absolute Gasteiger partial charge is 0.328 e. The number of nitrogens with two attached hydrogens (primary N) is 1. The van der Waals surface area contributed by atoms with Crippen LogP contribution in [0.25, 0.3) is 11.0 Å². The molecule has 0 aliphatic rings. The maximum Gasteiger partial charge on any atom is 0.328 e. The van der Waals surface area contributed by atoms with Gasteiger partial charge in [0.2, 0.25) is 0 Å². The molecule has 0 unspecified atom stereocenters. The zero-order chi connectivity index (χ0) is 20.4. The Bertz CT molecular complexity index is 1160. The minimum absolute atomic E-state index is 0.0906. The molecule has 1 atom stereocenters. The Morgan fingerprint density at radius 2 is 2.18 bits per heavy atom. The average Bonchev–Trinajstić information content (AvgIpc) is 2.90. The van der Waals surface area contributed by atoms with Crippen molar-refractivity contribution in [2.24, 2.45) is 12.8 Å². The van der Waals surface area contributed by atoms with Crippen molar-refractivity contribution in [3.63, 3.8) is 0 Å². The van der Waals surface area contributed by atoms with Crippen LogP contribution in [0.15, 0.2) is 35.3 Å². The van der Waals surface area contributed by atoms with Gasteiger partial charge in [0.15, 0.2) is 0 Å². The van der Waals surface area contributed by atoms with E-state index < -0.39 is 12.0 Å². The molecule has 28 heavy (non-hydrogen) atoms. The molecule has 0 radical (unpaired) electrons. The van der Waals surface area contributed by atoms with E-state index in [1.807, 2.05) is 6.07 Å². The molecule has 0 saturated carbocycles. The van der Waals surface area contributed by atoms with Crippen LogP contribution in [0, 0.1) is 11.3 Å². The molecule has 0 aliphatic heterocycles. The first kappa shape index (κ1) is 19.4. The van der Waals surface area contributed by atoms with Crippen LogP contribution in [0.1, 0.15) is 12.0 Å². The summed E-state index contributed by atoms with van der Waals surface area (Å²) in [5.41, 5.74) is 7.93. The molecule has 0 fully saturated rings. The molecule has 9 nitrogen and oxygen atoms in total. The Morgan fingerprint density at radius 3 is 2.86 bits per heavy atom. The second-order valence-electron chi connectivity index (χ2n) is 6.19. The molecule has 2 aromatic heterocycles. The molecule has 2 heterocycles. The first-order valence-corrected chi connectivity index (χ1v) is 8.70. The summed E-state index contributed by atoms with van der Waals surface area (Å²) in [7, 11) is 1.64. The largest absolute Gasteiger partial charge is 0.480 e. The minimum Gasteiger partial charge on any atom is -0.480 e. The second-order valence-corrected chi connectivity index (χ2v) is 6.55. The van der Waals surface area contributed by atoms with Gasteiger partial charge in [-0.1, -0.05) is 11.6 Å². The van der Waals surface area contributed by atoms with E-state index in [1.54, 1.807) is 31.3 Å². The van der Waals surface area contributed by atoms with E-state index in [1.165, 1.54) is 15.3 Å². The number of aromatic nitrogens is 3. The molecule has 3 aromatic rings. The van der Waals surface area contributed by atoms with Gasteiger partial charge >= 0.3 is 11.7 Å². The highest BCUT2D eigenvalue weighted by molar-refractivity contribution is 6.31. The van der Waals surface area contributed by atoms with Crippen molar-refractivity contribution in [1.82, 2.24) is 14.1 Å². The van der Waals surface area contributed by atoms with Crippen LogP contribution in [0.5, 0.6) is 0 Å². The van der Waals surface area contributed by atoms with Crippen LogP contribution < -0.4 is 16.7 Å². The summed E-state index contributed by atoms with van der Waals surface area (Å²) >= 11 is 5.95. The van der Waals surface area contributed by atoms with Gasteiger partial charge in [0.1, 0.15) is 22.8 Å². The predicted octanol–water partition coefficient (Wildman–Crippen LogP) is 1.81. The van der Waals surface area contributed by atoms with Crippen LogP contribution in [0.2, 0.25) is 5.15 Å². The Morgan fingerprint density at radius 1 is 1.43 bits per heavy atom. The molecule has 4 N–H and O–H groups in total. The van der Waals surface area contributed by atoms with Gasteiger partial charge in [0.25, 0.3) is 0 Å². The van der Waals surface area contributed by atoms with E-state index in [0.717, 1.165) is 0 Å². The topological polar surface area (TPSA) is 139 Å². The van der Waals surface area contributed by atoms with Crippen LogP contribution in [-0.2, 0) is 18.4 Å². The summed E-state index contributed by atoms with van der Waals surface area (Å²) in [6.07, 6.45) is 1.60. The maximum atomic E-state index is 12.5. The number of hydrogen-bond donors (Lipinski definition) is 3. The van der Waals surface area contributed by atoms with E-state index in [9.17, 15) is 14.9 Å². The van der Waals surface area contributed by atoms with E-state index in [0.29, 0.717) is 22.4 Å². The molecular weight excluding hydrogens is 384 g/mol. The number of nitriles is 1. The number of carboxylic acids is 1. The maximum absolute atomic E-state index is 12.5. The van der Waals surface area contributed by atoms with Crippen molar-refractivity contribution >= 4 is 40.0 Å². The molecular formula is C18H17ClN6O3. The fraction of sp³-hybridized carbons (Fsp3) is 0.222. The van der Waals surface area contributed by atoms with Gasteiger partial charge in [-0.3, -0.25) is 13.9 Å². The van der Waals surface area contributed by atoms with Gasteiger partial charge in [-0.2, -0.15) is 5.26 Å². The molecule has 0 amide bonds. The third-order valence-electron chi connectivity index (χ3n) is 4.42. The first-order chi connectivity index (χ1) is 13.3. The number of pyridine rings is 1. The molecule has 0 saturated heterocycles. The molecule has 0 aliphatic carbocycles. The van der Waals surface area contributed by atoms with Crippen LogP contribution >= 0.6 is 11.6 Å². The number of carboxylic acid groups (broad SMARTS) is 1. The second kappa shape index (κ2) is 7.72. The van der Waals surface area contributed by atoms with Crippen LogP contribution in [0.4, 0.5) is 11.4 Å². The van der Waals surface area contributed by atoms with Crippen molar-refractivity contribution in [3.8, 4) is 6.07 Å². The van der Waals surface area contributed by atoms with E-state index >= 15 is 0 Å². The van der Waals surface area contributed by atoms with E-state index in [2.05, 4.69) is 10.3 Å². The van der Waals surface area contributed by atoms with Gasteiger partial charge in [-0.25, -0.2) is 9.78 Å². The predicted molar refractivity (Wildman–Crippen MR) is 105 cm³/mol. The number of aliphatic carboxylic acids is 1. The quantitative estimate of drug-likeness (QED) is 0.536. The van der Waals surface area contributed by atoms with Gasteiger partial charge in [0, 0.05) is 25.5 Å². The molecule has 3 rings (SSSR count). The minimum atomic E-state index is -1.12. The Labute approximate surface area is 164 Å². The number of imidazole rings is 1. The molecule has 10 heteroatoms. The summed E-state index contributed by atoms with van der Waals surface area (Å²) in [5.74, 6) is -1.12.